The molecule has 0 fully saturated rings. The zero-order chi connectivity index (χ0) is 9.73. The Labute approximate surface area is 73.3 Å². The van der Waals surface area contributed by atoms with Gasteiger partial charge in [-0.15, -0.1) is 0 Å². The van der Waals surface area contributed by atoms with Crippen molar-refractivity contribution in [2.75, 3.05) is 13.1 Å². The largest absolute Gasteiger partial charge is 0.401 e. The number of hydrogen-bond donors (Lipinski definition) is 2. The third kappa shape index (κ3) is 4.51. The first-order valence-corrected chi connectivity index (χ1v) is 3.83. The van der Waals surface area contributed by atoms with E-state index in [1.54, 1.807) is 12.3 Å². The zero-order valence-corrected chi connectivity index (χ0v) is 6.86. The predicted octanol–water partition coefficient (Wildman–Crippen LogP) is 1.10. The number of nitrogens with one attached hydrogen (secondary N) is 2. The second kappa shape index (κ2) is 4.27. The Hall–Kier alpha value is -1.04. The molecular formula is C7H10F3N3. The van der Waals surface area contributed by atoms with Crippen molar-refractivity contribution in [1.29, 1.82) is 0 Å². The van der Waals surface area contributed by atoms with Crippen LogP contribution in [0.15, 0.2) is 12.3 Å². The van der Waals surface area contributed by atoms with Crippen LogP contribution in [0.3, 0.4) is 0 Å². The maximum absolute atomic E-state index is 11.6. The van der Waals surface area contributed by atoms with Gasteiger partial charge in [0, 0.05) is 24.9 Å². The number of aromatic nitrogens is 2. The molecule has 0 bridgehead atoms. The minimum absolute atomic E-state index is 0.293. The topological polar surface area (TPSA) is 40.7 Å². The average Bonchev–Trinajstić information content (AvgIpc) is 2.48. The van der Waals surface area contributed by atoms with Crippen LogP contribution in [-0.4, -0.2) is 29.5 Å². The SMILES string of the molecule is FC(F)(F)CNCCc1ccn[nH]1. The van der Waals surface area contributed by atoms with Gasteiger partial charge in [-0.05, 0) is 6.07 Å². The van der Waals surface area contributed by atoms with Crippen molar-refractivity contribution >= 4 is 0 Å². The summed E-state index contributed by atoms with van der Waals surface area (Å²) in [5, 5.41) is 8.63. The molecule has 0 unspecified atom stereocenters. The summed E-state index contributed by atoms with van der Waals surface area (Å²) in [6, 6.07) is 1.73. The van der Waals surface area contributed by atoms with Crippen molar-refractivity contribution in [2.45, 2.75) is 12.6 Å². The number of H-pyrrole nitrogens is 1. The van der Waals surface area contributed by atoms with E-state index in [0.717, 1.165) is 5.69 Å². The van der Waals surface area contributed by atoms with Gasteiger partial charge in [0.1, 0.15) is 0 Å². The molecule has 1 aromatic rings. The summed E-state index contributed by atoms with van der Waals surface area (Å²) in [5.41, 5.74) is 0.828. The van der Waals surface area contributed by atoms with E-state index < -0.39 is 12.7 Å². The van der Waals surface area contributed by atoms with Gasteiger partial charge < -0.3 is 5.32 Å². The second-order valence-electron chi connectivity index (χ2n) is 2.62. The van der Waals surface area contributed by atoms with Crippen LogP contribution in [0.1, 0.15) is 5.69 Å². The zero-order valence-electron chi connectivity index (χ0n) is 6.86. The highest BCUT2D eigenvalue weighted by Crippen LogP contribution is 2.11. The van der Waals surface area contributed by atoms with Crippen LogP contribution in [0.2, 0.25) is 0 Å². The molecule has 0 aliphatic carbocycles. The molecule has 0 saturated carbocycles. The molecule has 1 aromatic heterocycles. The lowest BCUT2D eigenvalue weighted by Crippen LogP contribution is -2.30. The van der Waals surface area contributed by atoms with E-state index in [9.17, 15) is 13.2 Å². The molecular weight excluding hydrogens is 183 g/mol. The summed E-state index contributed by atoms with van der Waals surface area (Å²) in [6.07, 6.45) is -2.04. The molecule has 13 heavy (non-hydrogen) atoms. The third-order valence-corrected chi connectivity index (χ3v) is 1.45. The van der Waals surface area contributed by atoms with Gasteiger partial charge in [-0.25, -0.2) is 0 Å². The normalized spacial score (nSPS) is 11.9. The summed E-state index contributed by atoms with van der Waals surface area (Å²) in [4.78, 5) is 0. The Kier molecular flexibility index (Phi) is 3.30. The molecule has 0 aromatic carbocycles. The van der Waals surface area contributed by atoms with Crippen LogP contribution in [0.4, 0.5) is 13.2 Å². The molecule has 0 saturated heterocycles. The van der Waals surface area contributed by atoms with Crippen molar-refractivity contribution in [3.05, 3.63) is 18.0 Å². The first kappa shape index (κ1) is 10.0. The molecule has 74 valence electrons. The fourth-order valence-electron chi connectivity index (χ4n) is 0.877. The minimum Gasteiger partial charge on any atom is -0.308 e. The van der Waals surface area contributed by atoms with Gasteiger partial charge >= 0.3 is 6.18 Å². The predicted molar refractivity (Wildman–Crippen MR) is 41.2 cm³/mol. The minimum atomic E-state index is -4.13. The summed E-state index contributed by atoms with van der Waals surface area (Å²) in [5.74, 6) is 0. The first-order valence-electron chi connectivity index (χ1n) is 3.83. The van der Waals surface area contributed by atoms with Crippen LogP contribution in [0.5, 0.6) is 0 Å². The van der Waals surface area contributed by atoms with Gasteiger partial charge in [-0.1, -0.05) is 0 Å². The van der Waals surface area contributed by atoms with Gasteiger partial charge in [-0.2, -0.15) is 18.3 Å². The Bertz CT molecular complexity index is 230. The Morgan fingerprint density at radius 2 is 2.23 bits per heavy atom. The van der Waals surface area contributed by atoms with Crippen molar-refractivity contribution < 1.29 is 13.2 Å². The van der Waals surface area contributed by atoms with Crippen molar-refractivity contribution in [3.63, 3.8) is 0 Å². The lowest BCUT2D eigenvalue weighted by Gasteiger charge is -2.06. The lowest BCUT2D eigenvalue weighted by molar-refractivity contribution is -0.124. The van der Waals surface area contributed by atoms with E-state index >= 15 is 0 Å². The number of alkyl halides is 3. The first-order chi connectivity index (χ1) is 6.08. The van der Waals surface area contributed by atoms with E-state index in [0.29, 0.717) is 13.0 Å². The number of aromatic amines is 1. The monoisotopic (exact) mass is 193 g/mol. The Morgan fingerprint density at radius 1 is 1.46 bits per heavy atom. The third-order valence-electron chi connectivity index (χ3n) is 1.45. The van der Waals surface area contributed by atoms with E-state index in [4.69, 9.17) is 0 Å². The van der Waals surface area contributed by atoms with Crippen LogP contribution < -0.4 is 5.32 Å². The molecule has 1 heterocycles. The summed E-state index contributed by atoms with van der Waals surface area (Å²) in [7, 11) is 0. The molecule has 1 rings (SSSR count). The molecule has 0 amide bonds. The fraction of sp³-hybridized carbons (Fsp3) is 0.571. The Morgan fingerprint density at radius 3 is 2.77 bits per heavy atom. The van der Waals surface area contributed by atoms with Crippen LogP contribution in [0.25, 0.3) is 0 Å². The van der Waals surface area contributed by atoms with Crippen molar-refractivity contribution in [2.24, 2.45) is 0 Å². The highest BCUT2D eigenvalue weighted by Gasteiger charge is 2.25. The summed E-state index contributed by atoms with van der Waals surface area (Å²) in [6.45, 7) is -0.650. The van der Waals surface area contributed by atoms with E-state index in [-0.39, 0.29) is 0 Å². The van der Waals surface area contributed by atoms with Crippen LogP contribution >= 0.6 is 0 Å². The van der Waals surface area contributed by atoms with Crippen molar-refractivity contribution in [3.8, 4) is 0 Å². The van der Waals surface area contributed by atoms with Gasteiger partial charge in [0.05, 0.1) is 6.54 Å². The number of nitrogens with zero attached hydrogens (tertiary/aromatic N) is 1. The summed E-state index contributed by atoms with van der Waals surface area (Å²) >= 11 is 0. The van der Waals surface area contributed by atoms with E-state index in [2.05, 4.69) is 15.5 Å². The number of halogens is 3. The molecule has 3 nitrogen and oxygen atoms in total. The maximum Gasteiger partial charge on any atom is 0.401 e. The van der Waals surface area contributed by atoms with Gasteiger partial charge in [0.2, 0.25) is 0 Å². The highest BCUT2D eigenvalue weighted by molar-refractivity contribution is 4.97. The maximum atomic E-state index is 11.6. The lowest BCUT2D eigenvalue weighted by atomic mass is 10.3. The van der Waals surface area contributed by atoms with Crippen molar-refractivity contribution in [1.82, 2.24) is 15.5 Å². The molecule has 0 aliphatic heterocycles. The average molecular weight is 193 g/mol. The van der Waals surface area contributed by atoms with E-state index in [1.807, 2.05) is 0 Å². The van der Waals surface area contributed by atoms with Gasteiger partial charge in [0.15, 0.2) is 0 Å². The quantitative estimate of drug-likeness (QED) is 0.703. The van der Waals surface area contributed by atoms with Crippen LogP contribution in [0, 0.1) is 0 Å². The van der Waals surface area contributed by atoms with Gasteiger partial charge in [-0.3, -0.25) is 5.10 Å². The molecule has 0 atom stereocenters. The molecule has 0 aliphatic rings. The van der Waals surface area contributed by atoms with E-state index in [1.165, 1.54) is 0 Å². The molecule has 0 radical (unpaired) electrons. The standard InChI is InChI=1S/C7H10F3N3/c8-7(9,10)5-11-3-1-6-2-4-12-13-6/h2,4,11H,1,3,5H2,(H,12,13). The fourth-order valence-corrected chi connectivity index (χ4v) is 0.877. The smallest absolute Gasteiger partial charge is 0.308 e. The Balaban J connectivity index is 2.09. The number of rotatable bonds is 4. The second-order valence-corrected chi connectivity index (χ2v) is 2.62. The summed E-state index contributed by atoms with van der Waals surface area (Å²) < 4.78 is 34.9. The highest BCUT2D eigenvalue weighted by atomic mass is 19.4. The van der Waals surface area contributed by atoms with Crippen LogP contribution in [-0.2, 0) is 6.42 Å². The number of hydrogen-bond acceptors (Lipinski definition) is 2. The molecule has 0 spiro atoms. The van der Waals surface area contributed by atoms with Gasteiger partial charge in [0.25, 0.3) is 0 Å². The molecule has 6 heteroatoms. The molecule has 2 N–H and O–H groups in total.